The first kappa shape index (κ1) is 17.6. The van der Waals surface area contributed by atoms with Gasteiger partial charge in [0.05, 0.1) is 0 Å². The largest absolute Gasteiger partial charge is 0.462 e. The van der Waals surface area contributed by atoms with Gasteiger partial charge >= 0.3 is 18.2 Å². The van der Waals surface area contributed by atoms with E-state index < -0.39 is 18.2 Å². The number of hydrogen-bond donors (Lipinski definition) is 0. The van der Waals surface area contributed by atoms with Crippen LogP contribution in [0.4, 0.5) is 30.7 Å². The van der Waals surface area contributed by atoms with E-state index in [1.807, 2.05) is 26.0 Å². The van der Waals surface area contributed by atoms with E-state index in [4.69, 9.17) is 0 Å². The van der Waals surface area contributed by atoms with Crippen LogP contribution in [0.1, 0.15) is 13.8 Å². The van der Waals surface area contributed by atoms with Crippen molar-refractivity contribution in [2.45, 2.75) is 32.1 Å². The summed E-state index contributed by atoms with van der Waals surface area (Å²) in [6, 6.07) is 0. The third-order valence-corrected chi connectivity index (χ3v) is 1.31. The van der Waals surface area contributed by atoms with Crippen LogP contribution in [0.5, 0.6) is 0 Å². The third kappa shape index (κ3) is 4.38. The molecule has 0 aromatic carbocycles. The molecule has 0 heterocycles. The Bertz CT molecular complexity index is 215. The first-order valence-electron chi connectivity index (χ1n) is 3.92. The summed E-state index contributed by atoms with van der Waals surface area (Å²) in [5.41, 5.74) is 0. The van der Waals surface area contributed by atoms with Gasteiger partial charge in [0.25, 0.3) is 0 Å². The third-order valence-electron chi connectivity index (χ3n) is 1.31. The normalized spacial score (nSPS) is 13.6. The molecule has 16 heavy (non-hydrogen) atoms. The molecule has 0 fully saturated rings. The Labute approximate surface area is 87.9 Å². The number of hydrogen-bond acceptors (Lipinski definition) is 1. The number of methoxy groups -OCH3 is 1. The lowest BCUT2D eigenvalue weighted by atomic mass is 10.3. The molecule has 1 nitrogen and oxygen atoms in total. The molecule has 0 radical (unpaired) electrons. The first-order valence-corrected chi connectivity index (χ1v) is 3.92. The van der Waals surface area contributed by atoms with Crippen LogP contribution in [0, 0.1) is 0 Å². The lowest BCUT2D eigenvalue weighted by Crippen LogP contribution is -2.52. The van der Waals surface area contributed by atoms with Gasteiger partial charge in [-0.1, -0.05) is 12.2 Å². The van der Waals surface area contributed by atoms with Gasteiger partial charge in [0.1, 0.15) is 0 Å². The summed E-state index contributed by atoms with van der Waals surface area (Å²) in [6.07, 6.45) is -7.86. The lowest BCUT2D eigenvalue weighted by Gasteiger charge is -2.26. The Kier molecular flexibility index (Phi) is 6.68. The van der Waals surface area contributed by atoms with Crippen LogP contribution in [0.2, 0.25) is 0 Å². The topological polar surface area (TPSA) is 9.23 Å². The smallest absolute Gasteiger partial charge is 0.319 e. The second-order valence-corrected chi connectivity index (χ2v) is 2.46. The average molecular weight is 256 g/mol. The molecule has 0 N–H and O–H groups in total. The quantitative estimate of drug-likeness (QED) is 0.536. The van der Waals surface area contributed by atoms with Crippen molar-refractivity contribution in [1.82, 2.24) is 0 Å². The Balaban J connectivity index is 0. The van der Waals surface area contributed by atoms with E-state index in [0.717, 1.165) is 0 Å². The van der Waals surface area contributed by atoms with Crippen molar-refractivity contribution in [2.75, 3.05) is 7.11 Å². The van der Waals surface area contributed by atoms with Gasteiger partial charge in [-0.15, -0.1) is 0 Å². The molecule has 0 saturated carbocycles. The highest BCUT2D eigenvalue weighted by molar-refractivity contribution is 4.84. The van der Waals surface area contributed by atoms with Crippen LogP contribution in [-0.2, 0) is 4.74 Å². The molecule has 0 aliphatic heterocycles. The minimum atomic E-state index is -6.33. The highest BCUT2D eigenvalue weighted by atomic mass is 19.4. The summed E-state index contributed by atoms with van der Waals surface area (Å²) in [5, 5.41) is 0. The Hall–Kier alpha value is -0.790. The van der Waals surface area contributed by atoms with Crippen molar-refractivity contribution in [2.24, 2.45) is 0 Å². The molecule has 0 bridgehead atoms. The molecule has 0 rings (SSSR count). The minimum absolute atomic E-state index is 0.0552. The Morgan fingerprint density at radius 2 is 1.12 bits per heavy atom. The van der Waals surface area contributed by atoms with Crippen LogP contribution in [0.3, 0.4) is 0 Å². The van der Waals surface area contributed by atoms with E-state index in [1.54, 1.807) is 0 Å². The molecule has 0 aromatic rings. The van der Waals surface area contributed by atoms with Gasteiger partial charge in [0.2, 0.25) is 0 Å². The number of ether oxygens (including phenoxy) is 1. The molecule has 8 heteroatoms. The summed E-state index contributed by atoms with van der Waals surface area (Å²) in [6.45, 7) is 4.00. The first-order chi connectivity index (χ1) is 6.97. The Morgan fingerprint density at radius 3 is 1.19 bits per heavy atom. The minimum Gasteiger partial charge on any atom is -0.319 e. The number of halogens is 7. The average Bonchev–Trinajstić information content (AvgIpc) is 2.16. The molecule has 0 atom stereocenters. The van der Waals surface area contributed by atoms with Gasteiger partial charge in [-0.05, 0) is 13.8 Å². The molecule has 0 saturated heterocycles. The Morgan fingerprint density at radius 1 is 0.812 bits per heavy atom. The molecule has 0 amide bonds. The van der Waals surface area contributed by atoms with E-state index in [1.165, 1.54) is 0 Å². The highest BCUT2D eigenvalue weighted by Gasteiger charge is 2.74. The van der Waals surface area contributed by atoms with Crippen molar-refractivity contribution < 1.29 is 35.5 Å². The van der Waals surface area contributed by atoms with Crippen molar-refractivity contribution in [3.8, 4) is 0 Å². The van der Waals surface area contributed by atoms with Crippen molar-refractivity contribution >= 4 is 0 Å². The number of allylic oxidation sites excluding steroid dienone is 2. The predicted octanol–water partition coefficient (Wildman–Crippen LogP) is 4.01. The standard InChI is InChI=1S/C4H3F7O.C4H8/c1-12-4(10,11)2(5,6)3(7,8)9;1-3-4-2/h1H3;3-4H,1-2H3. The molecule has 0 aliphatic carbocycles. The molecule has 0 aliphatic rings. The van der Waals surface area contributed by atoms with E-state index in [-0.39, 0.29) is 7.11 Å². The molecule has 0 unspecified atom stereocenters. The van der Waals surface area contributed by atoms with E-state index in [2.05, 4.69) is 4.74 Å². The van der Waals surface area contributed by atoms with Crippen molar-refractivity contribution in [3.05, 3.63) is 12.2 Å². The van der Waals surface area contributed by atoms with E-state index in [9.17, 15) is 30.7 Å². The van der Waals surface area contributed by atoms with E-state index in [0.29, 0.717) is 0 Å². The molecule has 0 spiro atoms. The lowest BCUT2D eigenvalue weighted by molar-refractivity contribution is -0.418. The zero-order valence-corrected chi connectivity index (χ0v) is 8.71. The van der Waals surface area contributed by atoms with Gasteiger partial charge < -0.3 is 4.74 Å². The van der Waals surface area contributed by atoms with Gasteiger partial charge in [0.15, 0.2) is 0 Å². The van der Waals surface area contributed by atoms with Crippen LogP contribution < -0.4 is 0 Å². The molecular formula is C8H11F7O. The summed E-state index contributed by atoms with van der Waals surface area (Å²) in [7, 11) is 0.0552. The zero-order valence-electron chi connectivity index (χ0n) is 8.71. The monoisotopic (exact) mass is 256 g/mol. The van der Waals surface area contributed by atoms with Gasteiger partial charge in [0, 0.05) is 7.11 Å². The molecular weight excluding hydrogens is 245 g/mol. The van der Waals surface area contributed by atoms with Gasteiger partial charge in [-0.3, -0.25) is 0 Å². The summed E-state index contributed by atoms with van der Waals surface area (Å²) in [4.78, 5) is 0. The molecule has 98 valence electrons. The maximum atomic E-state index is 11.7. The fourth-order valence-electron chi connectivity index (χ4n) is 0.293. The van der Waals surface area contributed by atoms with E-state index >= 15 is 0 Å². The highest BCUT2D eigenvalue weighted by Crippen LogP contribution is 2.46. The zero-order chi connectivity index (χ0) is 13.6. The summed E-state index contributed by atoms with van der Waals surface area (Å²) >= 11 is 0. The van der Waals surface area contributed by atoms with Crippen molar-refractivity contribution in [1.29, 1.82) is 0 Å². The second-order valence-electron chi connectivity index (χ2n) is 2.46. The predicted molar refractivity (Wildman–Crippen MR) is 43.4 cm³/mol. The van der Waals surface area contributed by atoms with Crippen LogP contribution in [0.15, 0.2) is 12.2 Å². The number of rotatable bonds is 2. The maximum Gasteiger partial charge on any atom is 0.462 e. The second kappa shape index (κ2) is 6.07. The number of alkyl halides is 7. The molecule has 0 aromatic heterocycles. The van der Waals surface area contributed by atoms with Crippen molar-refractivity contribution in [3.63, 3.8) is 0 Å². The van der Waals surface area contributed by atoms with Gasteiger partial charge in [-0.25, -0.2) is 0 Å². The summed E-state index contributed by atoms with van der Waals surface area (Å²) < 4.78 is 83.2. The van der Waals surface area contributed by atoms with Crippen LogP contribution >= 0.6 is 0 Å². The van der Waals surface area contributed by atoms with Gasteiger partial charge in [-0.2, -0.15) is 30.7 Å². The fourth-order valence-corrected chi connectivity index (χ4v) is 0.293. The van der Waals surface area contributed by atoms with Crippen LogP contribution in [0.25, 0.3) is 0 Å². The maximum absolute atomic E-state index is 11.7. The van der Waals surface area contributed by atoms with Crippen LogP contribution in [-0.4, -0.2) is 25.3 Å². The SMILES string of the molecule is CC=CC.COC(F)(F)C(F)(F)C(F)(F)F. The summed E-state index contributed by atoms with van der Waals surface area (Å²) in [5.74, 6) is -6.17. The fraction of sp³-hybridized carbons (Fsp3) is 0.750.